The van der Waals surface area contributed by atoms with Gasteiger partial charge in [0.2, 0.25) is 5.89 Å². The Kier molecular flexibility index (Phi) is 5.47. The van der Waals surface area contributed by atoms with E-state index in [1.54, 1.807) is 24.3 Å². The molecule has 0 fully saturated rings. The number of nitrogens with zero attached hydrogens (tertiary/aromatic N) is 3. The van der Waals surface area contributed by atoms with Crippen molar-refractivity contribution in [3.05, 3.63) is 79.2 Å². The van der Waals surface area contributed by atoms with E-state index < -0.39 is 29.5 Å². The van der Waals surface area contributed by atoms with Crippen molar-refractivity contribution in [2.45, 2.75) is 25.5 Å². The van der Waals surface area contributed by atoms with Gasteiger partial charge in [0.1, 0.15) is 6.54 Å². The van der Waals surface area contributed by atoms with Gasteiger partial charge in [-0.15, -0.1) is 0 Å². The van der Waals surface area contributed by atoms with Gasteiger partial charge >= 0.3 is 5.69 Å². The number of rotatable bonds is 6. The quantitative estimate of drug-likeness (QED) is 0.654. The lowest BCUT2D eigenvalue weighted by Crippen LogP contribution is -2.36. The van der Waals surface area contributed by atoms with Crippen molar-refractivity contribution in [3.8, 4) is 0 Å². The summed E-state index contributed by atoms with van der Waals surface area (Å²) in [6, 6.07) is 7.19. The standard InChI is InChI=1S/C16H13ClF2N4O4/c17-9-3-1-8(2-4-9)11(24)6-12-21-13(27-22-12)7-23-14(25)5-10(15(18)19)20-16(23)26/h1-5,11,15,24H,6-7H2,(H,20,26). The van der Waals surface area contributed by atoms with E-state index in [0.29, 0.717) is 21.2 Å². The minimum atomic E-state index is -2.97. The van der Waals surface area contributed by atoms with E-state index in [0.717, 1.165) is 0 Å². The van der Waals surface area contributed by atoms with Crippen LogP contribution in [0.25, 0.3) is 0 Å². The van der Waals surface area contributed by atoms with Gasteiger partial charge in [0.05, 0.1) is 11.8 Å². The van der Waals surface area contributed by atoms with Gasteiger partial charge in [-0.25, -0.2) is 13.6 Å². The molecule has 3 rings (SSSR count). The average Bonchev–Trinajstić information content (AvgIpc) is 3.05. The number of benzene rings is 1. The monoisotopic (exact) mass is 398 g/mol. The molecule has 27 heavy (non-hydrogen) atoms. The van der Waals surface area contributed by atoms with E-state index in [2.05, 4.69) is 10.1 Å². The topological polar surface area (TPSA) is 114 Å². The number of hydrogen-bond donors (Lipinski definition) is 2. The highest BCUT2D eigenvalue weighted by atomic mass is 35.5. The Morgan fingerprint density at radius 2 is 1.96 bits per heavy atom. The molecule has 0 spiro atoms. The molecule has 1 unspecified atom stereocenters. The molecule has 1 aromatic carbocycles. The van der Waals surface area contributed by atoms with Gasteiger partial charge < -0.3 is 14.6 Å². The lowest BCUT2D eigenvalue weighted by atomic mass is 10.1. The van der Waals surface area contributed by atoms with Gasteiger partial charge in [0.25, 0.3) is 12.0 Å². The molecule has 0 aliphatic carbocycles. The van der Waals surface area contributed by atoms with Crippen molar-refractivity contribution in [1.82, 2.24) is 19.7 Å². The van der Waals surface area contributed by atoms with Crippen LogP contribution in [-0.2, 0) is 13.0 Å². The highest BCUT2D eigenvalue weighted by Gasteiger charge is 2.17. The van der Waals surface area contributed by atoms with Crippen LogP contribution in [0.3, 0.4) is 0 Å². The first-order chi connectivity index (χ1) is 12.8. The predicted molar refractivity (Wildman–Crippen MR) is 89.8 cm³/mol. The molecule has 3 aromatic rings. The van der Waals surface area contributed by atoms with Crippen molar-refractivity contribution in [2.24, 2.45) is 0 Å². The normalized spacial score (nSPS) is 12.5. The van der Waals surface area contributed by atoms with Crippen molar-refractivity contribution in [2.75, 3.05) is 0 Å². The van der Waals surface area contributed by atoms with Crippen LogP contribution < -0.4 is 11.2 Å². The summed E-state index contributed by atoms with van der Waals surface area (Å²) in [4.78, 5) is 29.6. The van der Waals surface area contributed by atoms with Crippen LogP contribution in [0.4, 0.5) is 8.78 Å². The Balaban J connectivity index is 1.74. The number of H-pyrrole nitrogens is 1. The third kappa shape index (κ3) is 4.47. The van der Waals surface area contributed by atoms with Gasteiger partial charge in [-0.1, -0.05) is 28.9 Å². The van der Waals surface area contributed by atoms with E-state index in [1.165, 1.54) is 0 Å². The maximum absolute atomic E-state index is 12.6. The Labute approximate surface area is 155 Å². The molecule has 2 N–H and O–H groups in total. The maximum atomic E-state index is 12.6. The zero-order valence-corrected chi connectivity index (χ0v) is 14.4. The number of alkyl halides is 2. The van der Waals surface area contributed by atoms with Crippen molar-refractivity contribution >= 4 is 11.6 Å². The van der Waals surface area contributed by atoms with E-state index in [4.69, 9.17) is 16.1 Å². The van der Waals surface area contributed by atoms with Gasteiger partial charge in [0.15, 0.2) is 5.82 Å². The minimum absolute atomic E-state index is 0.0285. The molecule has 0 aliphatic rings. The van der Waals surface area contributed by atoms with Crippen LogP contribution >= 0.6 is 11.6 Å². The summed E-state index contributed by atoms with van der Waals surface area (Å²) in [7, 11) is 0. The van der Waals surface area contributed by atoms with Crippen molar-refractivity contribution in [1.29, 1.82) is 0 Å². The second-order valence-corrected chi connectivity index (χ2v) is 6.07. The second-order valence-electron chi connectivity index (χ2n) is 5.63. The predicted octanol–water partition coefficient (Wildman–Crippen LogP) is 1.83. The number of aliphatic hydroxyl groups excluding tert-OH is 1. The van der Waals surface area contributed by atoms with Crippen LogP contribution in [0.15, 0.2) is 44.4 Å². The molecule has 0 saturated carbocycles. The number of nitrogens with one attached hydrogen (secondary N) is 1. The third-order valence-electron chi connectivity index (χ3n) is 3.71. The first kappa shape index (κ1) is 18.9. The summed E-state index contributed by atoms with van der Waals surface area (Å²) < 4.78 is 30.8. The molecule has 0 saturated heterocycles. The Morgan fingerprint density at radius 3 is 2.59 bits per heavy atom. The molecule has 2 heterocycles. The van der Waals surface area contributed by atoms with Crippen LogP contribution in [0.2, 0.25) is 5.02 Å². The van der Waals surface area contributed by atoms with E-state index >= 15 is 0 Å². The van der Waals surface area contributed by atoms with Gasteiger partial charge in [0, 0.05) is 17.5 Å². The molecule has 2 aromatic heterocycles. The average molecular weight is 399 g/mol. The number of aliphatic hydroxyl groups is 1. The lowest BCUT2D eigenvalue weighted by Gasteiger charge is -2.08. The van der Waals surface area contributed by atoms with E-state index in [1.807, 2.05) is 4.98 Å². The van der Waals surface area contributed by atoms with Crippen molar-refractivity contribution < 1.29 is 18.4 Å². The summed E-state index contributed by atoms with van der Waals surface area (Å²) in [5.74, 6) is 0.0758. The van der Waals surface area contributed by atoms with Gasteiger partial charge in [-0.3, -0.25) is 9.36 Å². The smallest absolute Gasteiger partial charge is 0.329 e. The second kappa shape index (κ2) is 7.80. The number of aromatic amines is 1. The number of hydrogen-bond acceptors (Lipinski definition) is 6. The summed E-state index contributed by atoms with van der Waals surface area (Å²) >= 11 is 5.79. The molecular formula is C16H13ClF2N4O4. The maximum Gasteiger partial charge on any atom is 0.329 e. The van der Waals surface area contributed by atoms with Crippen LogP contribution in [0, 0.1) is 0 Å². The molecule has 11 heteroatoms. The molecule has 8 nitrogen and oxygen atoms in total. The van der Waals surface area contributed by atoms with Gasteiger partial charge in [-0.05, 0) is 17.7 Å². The zero-order valence-electron chi connectivity index (χ0n) is 13.6. The lowest BCUT2D eigenvalue weighted by molar-refractivity contribution is 0.145. The molecule has 0 aliphatic heterocycles. The fraction of sp³-hybridized carbons (Fsp3) is 0.250. The Bertz CT molecular complexity index is 1010. The van der Waals surface area contributed by atoms with Gasteiger partial charge in [-0.2, -0.15) is 4.98 Å². The SMILES string of the molecule is O=c1cc(C(F)F)[nH]c(=O)n1Cc1nc(CC(O)c2ccc(Cl)cc2)no1. The highest BCUT2D eigenvalue weighted by Crippen LogP contribution is 2.19. The fourth-order valence-corrected chi connectivity index (χ4v) is 2.48. The van der Waals surface area contributed by atoms with Crippen molar-refractivity contribution in [3.63, 3.8) is 0 Å². The van der Waals surface area contributed by atoms with E-state index in [9.17, 15) is 23.5 Å². The zero-order chi connectivity index (χ0) is 19.6. The Hall–Kier alpha value is -2.85. The highest BCUT2D eigenvalue weighted by molar-refractivity contribution is 6.30. The fourth-order valence-electron chi connectivity index (χ4n) is 2.35. The summed E-state index contributed by atoms with van der Waals surface area (Å²) in [6.07, 6.45) is -3.85. The van der Waals surface area contributed by atoms with Crippen LogP contribution in [0.1, 0.15) is 35.5 Å². The number of halogens is 3. The largest absolute Gasteiger partial charge is 0.388 e. The summed E-state index contributed by atoms with van der Waals surface area (Å²) in [5.41, 5.74) is -2.10. The van der Waals surface area contributed by atoms with Crippen LogP contribution in [0.5, 0.6) is 0 Å². The summed E-state index contributed by atoms with van der Waals surface area (Å²) in [5, 5.41) is 14.4. The number of aromatic nitrogens is 4. The van der Waals surface area contributed by atoms with Crippen LogP contribution in [-0.4, -0.2) is 24.8 Å². The molecule has 0 amide bonds. The first-order valence-electron chi connectivity index (χ1n) is 7.70. The van der Waals surface area contributed by atoms with E-state index in [-0.39, 0.29) is 24.7 Å². The Morgan fingerprint density at radius 1 is 1.26 bits per heavy atom. The molecular weight excluding hydrogens is 386 g/mol. The molecule has 1 atom stereocenters. The summed E-state index contributed by atoms with van der Waals surface area (Å²) in [6.45, 7) is -0.387. The first-order valence-corrected chi connectivity index (χ1v) is 8.08. The molecule has 142 valence electrons. The minimum Gasteiger partial charge on any atom is -0.388 e. The molecule has 0 bridgehead atoms. The third-order valence-corrected chi connectivity index (χ3v) is 3.96. The molecule has 0 radical (unpaired) electrons.